The molecule has 1 aliphatic rings. The number of hydrogen-bond donors (Lipinski definition) is 1. The van der Waals surface area contributed by atoms with E-state index in [1.54, 1.807) is 11.4 Å². The average molecular weight is 276 g/mol. The summed E-state index contributed by atoms with van der Waals surface area (Å²) in [7, 11) is -1.30. The SMILES string of the molecule is CCCNCCCS(=O)(=O)N(C)C1CCCCC1. The zero-order valence-corrected chi connectivity index (χ0v) is 12.6. The second-order valence-electron chi connectivity index (χ2n) is 5.23. The van der Waals surface area contributed by atoms with Gasteiger partial charge in [0.1, 0.15) is 0 Å². The van der Waals surface area contributed by atoms with Crippen molar-refractivity contribution in [3.05, 3.63) is 0 Å². The van der Waals surface area contributed by atoms with E-state index in [1.807, 2.05) is 0 Å². The molecule has 0 aromatic rings. The van der Waals surface area contributed by atoms with Crippen molar-refractivity contribution in [2.75, 3.05) is 25.9 Å². The van der Waals surface area contributed by atoms with Crippen LogP contribution in [0.1, 0.15) is 51.9 Å². The van der Waals surface area contributed by atoms with Gasteiger partial charge in [0.05, 0.1) is 5.75 Å². The van der Waals surface area contributed by atoms with Crippen LogP contribution in [-0.4, -0.2) is 44.7 Å². The van der Waals surface area contributed by atoms with Crippen LogP contribution in [0, 0.1) is 0 Å². The molecular weight excluding hydrogens is 248 g/mol. The number of sulfonamides is 1. The van der Waals surface area contributed by atoms with E-state index in [4.69, 9.17) is 0 Å². The van der Waals surface area contributed by atoms with Crippen molar-refractivity contribution in [1.29, 1.82) is 0 Å². The third-order valence-corrected chi connectivity index (χ3v) is 5.69. The van der Waals surface area contributed by atoms with Gasteiger partial charge in [-0.1, -0.05) is 26.2 Å². The number of nitrogens with zero attached hydrogens (tertiary/aromatic N) is 1. The van der Waals surface area contributed by atoms with Crippen LogP contribution in [0.2, 0.25) is 0 Å². The minimum absolute atomic E-state index is 0.243. The minimum atomic E-state index is -3.05. The van der Waals surface area contributed by atoms with Crippen molar-refractivity contribution < 1.29 is 8.42 Å². The molecule has 0 saturated heterocycles. The maximum absolute atomic E-state index is 12.2. The number of rotatable bonds is 8. The van der Waals surface area contributed by atoms with E-state index in [1.165, 1.54) is 19.3 Å². The van der Waals surface area contributed by atoms with Crippen LogP contribution in [0.25, 0.3) is 0 Å². The number of hydrogen-bond acceptors (Lipinski definition) is 3. The van der Waals surface area contributed by atoms with E-state index < -0.39 is 10.0 Å². The quantitative estimate of drug-likeness (QED) is 0.690. The minimum Gasteiger partial charge on any atom is -0.317 e. The highest BCUT2D eigenvalue weighted by Gasteiger charge is 2.26. The summed E-state index contributed by atoms with van der Waals surface area (Å²) in [6, 6.07) is 0.243. The maximum atomic E-state index is 12.2. The molecule has 0 heterocycles. The van der Waals surface area contributed by atoms with Crippen molar-refractivity contribution in [2.24, 2.45) is 0 Å². The lowest BCUT2D eigenvalue weighted by Crippen LogP contribution is -2.40. The lowest BCUT2D eigenvalue weighted by Gasteiger charge is -2.30. The highest BCUT2D eigenvalue weighted by Crippen LogP contribution is 2.23. The second kappa shape index (κ2) is 8.12. The van der Waals surface area contributed by atoms with Crippen LogP contribution in [-0.2, 0) is 10.0 Å². The molecule has 0 amide bonds. The Bertz CT molecular complexity index is 311. The van der Waals surface area contributed by atoms with E-state index in [2.05, 4.69) is 12.2 Å². The van der Waals surface area contributed by atoms with Crippen LogP contribution in [0.4, 0.5) is 0 Å². The lowest BCUT2D eigenvalue weighted by atomic mass is 9.96. The molecule has 0 aromatic heterocycles. The van der Waals surface area contributed by atoms with Gasteiger partial charge >= 0.3 is 0 Å². The molecule has 1 N–H and O–H groups in total. The van der Waals surface area contributed by atoms with Gasteiger partial charge < -0.3 is 5.32 Å². The molecule has 0 spiro atoms. The lowest BCUT2D eigenvalue weighted by molar-refractivity contribution is 0.285. The fraction of sp³-hybridized carbons (Fsp3) is 1.00. The van der Waals surface area contributed by atoms with E-state index in [0.717, 1.165) is 32.4 Å². The van der Waals surface area contributed by atoms with Gasteiger partial charge in [0.25, 0.3) is 0 Å². The molecule has 0 atom stereocenters. The Morgan fingerprint density at radius 1 is 1.17 bits per heavy atom. The maximum Gasteiger partial charge on any atom is 0.214 e. The van der Waals surface area contributed by atoms with E-state index in [0.29, 0.717) is 6.42 Å². The monoisotopic (exact) mass is 276 g/mol. The summed E-state index contributed by atoms with van der Waals surface area (Å²) < 4.78 is 26.0. The molecule has 18 heavy (non-hydrogen) atoms. The second-order valence-corrected chi connectivity index (χ2v) is 7.38. The Morgan fingerprint density at radius 2 is 1.83 bits per heavy atom. The Kier molecular flexibility index (Phi) is 7.19. The van der Waals surface area contributed by atoms with E-state index in [-0.39, 0.29) is 11.8 Å². The van der Waals surface area contributed by atoms with Gasteiger partial charge in [-0.05, 0) is 38.8 Å². The first kappa shape index (κ1) is 15.9. The van der Waals surface area contributed by atoms with E-state index in [9.17, 15) is 8.42 Å². The summed E-state index contributed by atoms with van der Waals surface area (Å²) in [5, 5.41) is 3.24. The molecule has 0 unspecified atom stereocenters. The molecule has 108 valence electrons. The smallest absolute Gasteiger partial charge is 0.214 e. The van der Waals surface area contributed by atoms with Gasteiger partial charge in [0.15, 0.2) is 0 Å². The molecule has 0 aliphatic heterocycles. The predicted octanol–water partition coefficient (Wildman–Crippen LogP) is 1.97. The summed E-state index contributed by atoms with van der Waals surface area (Å²) in [6.07, 6.45) is 7.46. The normalized spacial score (nSPS) is 18.4. The Balaban J connectivity index is 2.32. The Labute approximate surface area is 112 Å². The third kappa shape index (κ3) is 5.24. The zero-order valence-electron chi connectivity index (χ0n) is 11.8. The average Bonchev–Trinajstić information content (AvgIpc) is 2.38. The van der Waals surface area contributed by atoms with Gasteiger partial charge in [-0.25, -0.2) is 12.7 Å². The largest absolute Gasteiger partial charge is 0.317 e. The van der Waals surface area contributed by atoms with Crippen LogP contribution in [0.5, 0.6) is 0 Å². The van der Waals surface area contributed by atoms with Crippen molar-refractivity contribution in [2.45, 2.75) is 57.9 Å². The molecular formula is C13H28N2O2S. The van der Waals surface area contributed by atoms with Crippen LogP contribution in [0.3, 0.4) is 0 Å². The van der Waals surface area contributed by atoms with Gasteiger partial charge in [-0.15, -0.1) is 0 Å². The molecule has 1 fully saturated rings. The van der Waals surface area contributed by atoms with Crippen molar-refractivity contribution in [1.82, 2.24) is 9.62 Å². The Morgan fingerprint density at radius 3 is 2.44 bits per heavy atom. The van der Waals surface area contributed by atoms with Gasteiger partial charge in [0.2, 0.25) is 10.0 Å². The Hall–Kier alpha value is -0.130. The van der Waals surface area contributed by atoms with Gasteiger partial charge in [-0.3, -0.25) is 0 Å². The molecule has 5 heteroatoms. The fourth-order valence-electron chi connectivity index (χ4n) is 2.50. The highest BCUT2D eigenvalue weighted by molar-refractivity contribution is 7.89. The third-order valence-electron chi connectivity index (χ3n) is 3.71. The molecule has 1 saturated carbocycles. The van der Waals surface area contributed by atoms with Crippen molar-refractivity contribution in [3.63, 3.8) is 0 Å². The fourth-order valence-corrected chi connectivity index (χ4v) is 3.96. The highest BCUT2D eigenvalue weighted by atomic mass is 32.2. The zero-order chi connectivity index (χ0) is 13.4. The molecule has 1 rings (SSSR count). The van der Waals surface area contributed by atoms with Crippen LogP contribution < -0.4 is 5.32 Å². The summed E-state index contributed by atoms with van der Waals surface area (Å²) in [6.45, 7) is 3.88. The van der Waals surface area contributed by atoms with Crippen LogP contribution in [0.15, 0.2) is 0 Å². The first-order chi connectivity index (χ1) is 8.58. The van der Waals surface area contributed by atoms with Crippen molar-refractivity contribution >= 4 is 10.0 Å². The van der Waals surface area contributed by atoms with E-state index >= 15 is 0 Å². The first-order valence-corrected chi connectivity index (χ1v) is 8.85. The number of nitrogens with one attached hydrogen (secondary N) is 1. The summed E-state index contributed by atoms with van der Waals surface area (Å²) in [5.41, 5.74) is 0. The molecule has 0 aromatic carbocycles. The molecule has 0 radical (unpaired) electrons. The van der Waals surface area contributed by atoms with Gasteiger partial charge in [0, 0.05) is 13.1 Å². The summed E-state index contributed by atoms with van der Waals surface area (Å²) in [4.78, 5) is 0. The summed E-state index contributed by atoms with van der Waals surface area (Å²) >= 11 is 0. The van der Waals surface area contributed by atoms with Gasteiger partial charge in [-0.2, -0.15) is 0 Å². The predicted molar refractivity (Wildman–Crippen MR) is 76.2 cm³/mol. The molecule has 1 aliphatic carbocycles. The first-order valence-electron chi connectivity index (χ1n) is 7.24. The van der Waals surface area contributed by atoms with Crippen molar-refractivity contribution in [3.8, 4) is 0 Å². The standard InChI is InChI=1S/C13H28N2O2S/c1-3-10-14-11-7-12-18(16,17)15(2)13-8-5-4-6-9-13/h13-14H,3-12H2,1-2H3. The molecule has 0 bridgehead atoms. The summed E-state index contributed by atoms with van der Waals surface area (Å²) in [5.74, 6) is 0.275. The topological polar surface area (TPSA) is 49.4 Å². The van der Waals surface area contributed by atoms with Crippen LogP contribution >= 0.6 is 0 Å². The molecule has 4 nitrogen and oxygen atoms in total.